The molecule has 3 N–H and O–H groups in total. The summed E-state index contributed by atoms with van der Waals surface area (Å²) >= 11 is 0. The van der Waals surface area contributed by atoms with Crippen LogP contribution in [-0.4, -0.2) is 42.1 Å². The van der Waals surface area contributed by atoms with Crippen LogP contribution < -0.4 is 0 Å². The first-order chi connectivity index (χ1) is 4.74. The summed E-state index contributed by atoms with van der Waals surface area (Å²) in [5, 5.41) is 26.5. The molecule has 0 aromatic rings. The zero-order chi connectivity index (χ0) is 8.04. The first-order valence-corrected chi connectivity index (χ1v) is 6.40. The molecular formula is C6H16O3Si. The lowest BCUT2D eigenvalue weighted by molar-refractivity contribution is 0.286. The minimum atomic E-state index is -2.05. The van der Waals surface area contributed by atoms with E-state index >= 15 is 0 Å². The van der Waals surface area contributed by atoms with Gasteiger partial charge in [0.15, 0.2) is 0 Å². The van der Waals surface area contributed by atoms with Crippen molar-refractivity contribution in [2.45, 2.75) is 19.4 Å². The molecule has 0 spiro atoms. The van der Waals surface area contributed by atoms with Crippen molar-refractivity contribution >= 4 is 8.07 Å². The minimum absolute atomic E-state index is 0.00611. The van der Waals surface area contributed by atoms with Gasteiger partial charge in [0.1, 0.15) is 8.07 Å². The van der Waals surface area contributed by atoms with Crippen molar-refractivity contribution in [3.05, 3.63) is 0 Å². The molecule has 0 heterocycles. The second kappa shape index (κ2) is 4.84. The lowest BCUT2D eigenvalue weighted by Gasteiger charge is -2.23. The highest BCUT2D eigenvalue weighted by atomic mass is 28.3. The summed E-state index contributed by atoms with van der Waals surface area (Å²) in [5.41, 5.74) is 0. The van der Waals surface area contributed by atoms with E-state index in [0.717, 1.165) is 12.5 Å². The van der Waals surface area contributed by atoms with Crippen LogP contribution in [0.15, 0.2) is 0 Å². The molecule has 0 bridgehead atoms. The van der Waals surface area contributed by atoms with E-state index in [1.165, 1.54) is 0 Å². The molecule has 0 aromatic heterocycles. The van der Waals surface area contributed by atoms with Crippen LogP contribution in [0.5, 0.6) is 0 Å². The number of aliphatic hydroxyl groups is 3. The maximum Gasteiger partial charge on any atom is 0.139 e. The van der Waals surface area contributed by atoms with Crippen LogP contribution >= 0.6 is 0 Å². The highest BCUT2D eigenvalue weighted by Gasteiger charge is 2.29. The molecule has 0 aliphatic rings. The molecule has 0 aromatic carbocycles. The number of rotatable bonds is 5. The Balaban J connectivity index is 3.87. The molecule has 0 fully saturated rings. The molecule has 62 valence electrons. The molecule has 0 rings (SSSR count). The van der Waals surface area contributed by atoms with E-state index in [1.54, 1.807) is 0 Å². The van der Waals surface area contributed by atoms with Gasteiger partial charge in [-0.25, -0.2) is 0 Å². The summed E-state index contributed by atoms with van der Waals surface area (Å²) in [6.07, 6.45) is 0.906. The van der Waals surface area contributed by atoms with Crippen molar-refractivity contribution in [1.29, 1.82) is 0 Å². The van der Waals surface area contributed by atoms with Gasteiger partial charge in [-0.15, -0.1) is 0 Å². The standard InChI is InChI=1S/C6H16O3Si/c1-2-3-10(4-7,5-8)6-9/h7-9H,2-6H2,1H3. The van der Waals surface area contributed by atoms with Crippen molar-refractivity contribution in [3.8, 4) is 0 Å². The van der Waals surface area contributed by atoms with Crippen LogP contribution in [0, 0.1) is 0 Å². The van der Waals surface area contributed by atoms with Gasteiger partial charge in [-0.2, -0.15) is 0 Å². The van der Waals surface area contributed by atoms with Gasteiger partial charge in [-0.1, -0.05) is 19.4 Å². The predicted octanol–water partition coefficient (Wildman–Crippen LogP) is -0.560. The fourth-order valence-electron chi connectivity index (χ4n) is 0.918. The number of hydrogen-bond donors (Lipinski definition) is 3. The lowest BCUT2D eigenvalue weighted by Crippen LogP contribution is -2.48. The lowest BCUT2D eigenvalue weighted by atomic mass is 10.6. The molecule has 0 radical (unpaired) electrons. The van der Waals surface area contributed by atoms with Crippen molar-refractivity contribution in [3.63, 3.8) is 0 Å². The van der Waals surface area contributed by atoms with Crippen molar-refractivity contribution in [2.24, 2.45) is 0 Å². The monoisotopic (exact) mass is 164 g/mol. The fourth-order valence-corrected chi connectivity index (χ4v) is 2.75. The average molecular weight is 164 g/mol. The molecule has 0 aliphatic carbocycles. The van der Waals surface area contributed by atoms with E-state index in [1.807, 2.05) is 6.92 Å². The van der Waals surface area contributed by atoms with Crippen LogP contribution in [0.3, 0.4) is 0 Å². The molecule has 0 amide bonds. The van der Waals surface area contributed by atoms with Crippen LogP contribution in [0.2, 0.25) is 6.04 Å². The Kier molecular flexibility index (Phi) is 4.89. The van der Waals surface area contributed by atoms with Gasteiger partial charge in [0.25, 0.3) is 0 Å². The molecule has 10 heavy (non-hydrogen) atoms. The van der Waals surface area contributed by atoms with E-state index in [2.05, 4.69) is 0 Å². The summed E-state index contributed by atoms with van der Waals surface area (Å²) in [5.74, 6) is 0. The summed E-state index contributed by atoms with van der Waals surface area (Å²) in [7, 11) is -2.05. The second-order valence-corrected chi connectivity index (χ2v) is 7.17. The van der Waals surface area contributed by atoms with Gasteiger partial charge in [0.2, 0.25) is 0 Å². The maximum absolute atomic E-state index is 8.85. The molecule has 0 atom stereocenters. The van der Waals surface area contributed by atoms with E-state index in [0.29, 0.717) is 0 Å². The predicted molar refractivity (Wildman–Crippen MR) is 42.1 cm³/mol. The fraction of sp³-hybridized carbons (Fsp3) is 1.00. The molecule has 0 aliphatic heterocycles. The van der Waals surface area contributed by atoms with Crippen LogP contribution in [0.25, 0.3) is 0 Å². The Labute approximate surface area is 62.3 Å². The minimum Gasteiger partial charge on any atom is -0.399 e. The van der Waals surface area contributed by atoms with Crippen molar-refractivity contribution in [1.82, 2.24) is 0 Å². The Morgan fingerprint density at radius 1 is 1.00 bits per heavy atom. The summed E-state index contributed by atoms with van der Waals surface area (Å²) in [6.45, 7) is 1.99. The largest absolute Gasteiger partial charge is 0.399 e. The van der Waals surface area contributed by atoms with Gasteiger partial charge in [0, 0.05) is 18.7 Å². The van der Waals surface area contributed by atoms with Gasteiger partial charge in [-0.3, -0.25) is 0 Å². The maximum atomic E-state index is 8.85. The number of hydrogen-bond acceptors (Lipinski definition) is 3. The van der Waals surface area contributed by atoms with Crippen molar-refractivity contribution < 1.29 is 15.3 Å². The third-order valence-corrected chi connectivity index (χ3v) is 5.36. The third kappa shape index (κ3) is 2.38. The summed E-state index contributed by atoms with van der Waals surface area (Å²) in [4.78, 5) is 0. The quantitative estimate of drug-likeness (QED) is 0.477. The Bertz CT molecular complexity index is 74.8. The highest BCUT2D eigenvalue weighted by molar-refractivity contribution is 6.79. The molecule has 4 heteroatoms. The first kappa shape index (κ1) is 10.1. The first-order valence-electron chi connectivity index (χ1n) is 3.57. The van der Waals surface area contributed by atoms with Crippen LogP contribution in [0.1, 0.15) is 13.3 Å². The third-order valence-electron chi connectivity index (χ3n) is 1.79. The Morgan fingerprint density at radius 2 is 1.40 bits per heavy atom. The summed E-state index contributed by atoms with van der Waals surface area (Å²) in [6, 6.07) is 0.802. The van der Waals surface area contributed by atoms with E-state index in [4.69, 9.17) is 15.3 Å². The zero-order valence-electron chi connectivity index (χ0n) is 6.38. The Hall–Kier alpha value is 0.0969. The topological polar surface area (TPSA) is 60.7 Å². The molecule has 0 saturated carbocycles. The smallest absolute Gasteiger partial charge is 0.139 e. The number of aliphatic hydroxyl groups excluding tert-OH is 3. The molecule has 3 nitrogen and oxygen atoms in total. The average Bonchev–Trinajstić information content (AvgIpc) is 2.01. The van der Waals surface area contributed by atoms with E-state index in [-0.39, 0.29) is 18.7 Å². The molecular weight excluding hydrogens is 148 g/mol. The van der Waals surface area contributed by atoms with Crippen LogP contribution in [-0.2, 0) is 0 Å². The van der Waals surface area contributed by atoms with E-state index < -0.39 is 8.07 Å². The van der Waals surface area contributed by atoms with Gasteiger partial charge in [0.05, 0.1) is 0 Å². The normalized spacial score (nSPS) is 12.0. The summed E-state index contributed by atoms with van der Waals surface area (Å²) < 4.78 is 0. The highest BCUT2D eigenvalue weighted by Crippen LogP contribution is 2.09. The Morgan fingerprint density at radius 3 is 1.50 bits per heavy atom. The molecule has 0 unspecified atom stereocenters. The zero-order valence-corrected chi connectivity index (χ0v) is 7.38. The SMILES string of the molecule is CCC[Si](CO)(CO)CO. The van der Waals surface area contributed by atoms with Crippen molar-refractivity contribution in [2.75, 3.05) is 18.7 Å². The van der Waals surface area contributed by atoms with Gasteiger partial charge < -0.3 is 15.3 Å². The van der Waals surface area contributed by atoms with Crippen LogP contribution in [0.4, 0.5) is 0 Å². The molecule has 0 saturated heterocycles. The van der Waals surface area contributed by atoms with Gasteiger partial charge in [-0.05, 0) is 0 Å². The van der Waals surface area contributed by atoms with E-state index in [9.17, 15) is 0 Å². The second-order valence-electron chi connectivity index (χ2n) is 2.72. The van der Waals surface area contributed by atoms with Gasteiger partial charge >= 0.3 is 0 Å².